The minimum Gasteiger partial charge on any atom is -0.496 e. The third kappa shape index (κ3) is 9.49. The molecule has 3 aromatic heterocycles. The fourth-order valence-corrected chi connectivity index (χ4v) is 7.13. The molecule has 2 bridgehead atoms. The molecular weight excluding hydrogens is 769 g/mol. The van der Waals surface area contributed by atoms with E-state index in [2.05, 4.69) is 53.4 Å². The second kappa shape index (κ2) is 17.8. The molecule has 1 aliphatic heterocycles. The van der Waals surface area contributed by atoms with Gasteiger partial charge in [0.2, 0.25) is 29.5 Å². The number of ether oxygens (including phenoxy) is 1. The van der Waals surface area contributed by atoms with Gasteiger partial charge in [0.1, 0.15) is 34.6 Å². The van der Waals surface area contributed by atoms with Crippen molar-refractivity contribution in [3.63, 3.8) is 0 Å². The van der Waals surface area contributed by atoms with Crippen molar-refractivity contribution in [3.8, 4) is 5.75 Å². The van der Waals surface area contributed by atoms with E-state index < -0.39 is 72.6 Å². The fourth-order valence-electron chi connectivity index (χ4n) is 6.42. The lowest BCUT2D eigenvalue weighted by Crippen LogP contribution is -2.56. The summed E-state index contributed by atoms with van der Waals surface area (Å²) in [4.78, 5) is 105. The zero-order valence-electron chi connectivity index (χ0n) is 31.8. The van der Waals surface area contributed by atoms with Gasteiger partial charge in [-0.2, -0.15) is 0 Å². The Labute approximate surface area is 335 Å². The maximum Gasteiger partial charge on any atom is 0.271 e. The van der Waals surface area contributed by atoms with Crippen molar-refractivity contribution < 1.29 is 38.3 Å². The molecule has 0 radical (unpaired) electrons. The molecule has 3 unspecified atom stereocenters. The molecule has 1 aliphatic rings. The number of hydrogen-bond acceptors (Lipinski definition) is 10. The number of para-hydroxylation sites is 1. The molecule has 8 N–H and O–H groups in total. The molecule has 0 fully saturated rings. The first kappa shape index (κ1) is 40.6. The third-order valence-electron chi connectivity index (χ3n) is 9.42. The minimum absolute atomic E-state index is 0.0137. The summed E-state index contributed by atoms with van der Waals surface area (Å²) in [5.41, 5.74) is 2.53. The predicted molar refractivity (Wildman–Crippen MR) is 213 cm³/mol. The molecular formula is C39H42N10O8S. The molecule has 5 aromatic rings. The number of methoxy groups -OCH3 is 1. The van der Waals surface area contributed by atoms with Gasteiger partial charge in [-0.3, -0.25) is 33.6 Å². The number of thiazole rings is 1. The molecule has 18 nitrogen and oxygen atoms in total. The standard InChI is InChI=1S/C39H42N10O8S/c1-20-35(52)45-21(2)39(56)49(3)18-32(51)42-17-33-46-29(19-58-33)38(55)48-28(12-22-14-40-25-9-6-5-8-24(22)25)37(54)47-27(36(53)43-16-31(50)44-20)13-23-15-41-26-10-7-11-30(57-4)34(23)26/h5-11,14-15,19-20,27-28,40-41H,2,12-13,16-18H2,1,3-4H3,(H,42,51)(H,43,53)(H,44,50)(H,45,52)(H,47,54)(H,48,55). The van der Waals surface area contributed by atoms with Gasteiger partial charge in [0, 0.05) is 59.5 Å². The number of carbonyl (C=O) groups is 7. The number of H-pyrrole nitrogens is 2. The van der Waals surface area contributed by atoms with Crippen LogP contribution < -0.4 is 36.6 Å². The normalized spacial score (nSPS) is 19.8. The molecule has 6 rings (SSSR count). The third-order valence-corrected chi connectivity index (χ3v) is 10.3. The van der Waals surface area contributed by atoms with Gasteiger partial charge < -0.3 is 51.5 Å². The van der Waals surface area contributed by atoms with Gasteiger partial charge in [-0.15, -0.1) is 11.3 Å². The van der Waals surface area contributed by atoms with Crippen molar-refractivity contribution >= 4 is 74.5 Å². The molecule has 7 amide bonds. The minimum atomic E-state index is -1.28. The van der Waals surface area contributed by atoms with Gasteiger partial charge in [0.05, 0.1) is 32.4 Å². The number of carbonyl (C=O) groups excluding carboxylic acids is 7. The number of fused-ring (bicyclic) bond motifs is 4. The zero-order valence-corrected chi connectivity index (χ0v) is 32.6. The number of aromatic nitrogens is 3. The van der Waals surface area contributed by atoms with Crippen molar-refractivity contribution in [1.29, 1.82) is 0 Å². The van der Waals surface area contributed by atoms with E-state index in [9.17, 15) is 33.6 Å². The van der Waals surface area contributed by atoms with Crippen LogP contribution in [0.2, 0.25) is 0 Å². The summed E-state index contributed by atoms with van der Waals surface area (Å²) in [6.07, 6.45) is 3.39. The van der Waals surface area contributed by atoms with E-state index in [1.165, 1.54) is 26.5 Å². The topological polar surface area (TPSA) is 249 Å². The van der Waals surface area contributed by atoms with Gasteiger partial charge in [-0.1, -0.05) is 30.8 Å². The van der Waals surface area contributed by atoms with Crippen LogP contribution in [0.15, 0.2) is 72.5 Å². The summed E-state index contributed by atoms with van der Waals surface area (Å²) < 4.78 is 5.58. The summed E-state index contributed by atoms with van der Waals surface area (Å²) in [5.74, 6) is -4.40. The van der Waals surface area contributed by atoms with Crippen molar-refractivity contribution in [2.24, 2.45) is 0 Å². The number of hydrogen-bond donors (Lipinski definition) is 8. The van der Waals surface area contributed by atoms with Crippen LogP contribution in [0.25, 0.3) is 21.8 Å². The highest BCUT2D eigenvalue weighted by molar-refractivity contribution is 7.09. The lowest BCUT2D eigenvalue weighted by Gasteiger charge is -2.23. The monoisotopic (exact) mass is 810 g/mol. The number of nitrogens with zero attached hydrogens (tertiary/aromatic N) is 2. The smallest absolute Gasteiger partial charge is 0.271 e. The Kier molecular flexibility index (Phi) is 12.5. The quantitative estimate of drug-likeness (QED) is 0.115. The Morgan fingerprint density at radius 3 is 2.31 bits per heavy atom. The van der Waals surface area contributed by atoms with E-state index in [0.717, 1.165) is 38.2 Å². The molecule has 302 valence electrons. The van der Waals surface area contributed by atoms with Crippen molar-refractivity contribution in [2.45, 2.75) is 44.4 Å². The molecule has 58 heavy (non-hydrogen) atoms. The molecule has 0 aliphatic carbocycles. The van der Waals surface area contributed by atoms with Gasteiger partial charge in [-0.05, 0) is 36.2 Å². The van der Waals surface area contributed by atoms with Crippen LogP contribution in [-0.2, 0) is 48.2 Å². The first-order chi connectivity index (χ1) is 27.8. The molecule has 0 saturated heterocycles. The summed E-state index contributed by atoms with van der Waals surface area (Å²) >= 11 is 1.10. The summed E-state index contributed by atoms with van der Waals surface area (Å²) in [7, 11) is 2.85. The molecule has 19 heteroatoms. The van der Waals surface area contributed by atoms with Crippen molar-refractivity contribution in [3.05, 3.63) is 94.3 Å². The number of rotatable bonds is 5. The van der Waals surface area contributed by atoms with E-state index in [0.29, 0.717) is 21.7 Å². The van der Waals surface area contributed by atoms with E-state index >= 15 is 0 Å². The lowest BCUT2D eigenvalue weighted by molar-refractivity contribution is -0.133. The first-order valence-electron chi connectivity index (χ1n) is 18.1. The van der Waals surface area contributed by atoms with Crippen LogP contribution in [0.4, 0.5) is 0 Å². The van der Waals surface area contributed by atoms with Gasteiger partial charge in [-0.25, -0.2) is 4.98 Å². The van der Waals surface area contributed by atoms with Gasteiger partial charge in [0.25, 0.3) is 11.8 Å². The molecule has 0 spiro atoms. The number of aromatic amines is 2. The number of nitrogens with one attached hydrogen (secondary N) is 8. The average Bonchev–Trinajstić information content (AvgIpc) is 3.97. The Morgan fingerprint density at radius 2 is 1.52 bits per heavy atom. The van der Waals surface area contributed by atoms with E-state index in [4.69, 9.17) is 4.74 Å². The molecule has 4 heterocycles. The largest absolute Gasteiger partial charge is 0.496 e. The summed E-state index contributed by atoms with van der Waals surface area (Å²) in [5, 5.41) is 18.9. The van der Waals surface area contributed by atoms with E-state index in [1.807, 2.05) is 30.3 Å². The maximum atomic E-state index is 14.3. The second-order valence-electron chi connectivity index (χ2n) is 13.6. The summed E-state index contributed by atoms with van der Waals surface area (Å²) in [6, 6.07) is 9.18. The summed E-state index contributed by atoms with van der Waals surface area (Å²) in [6.45, 7) is 3.91. The highest BCUT2D eigenvalue weighted by Gasteiger charge is 2.31. The van der Waals surface area contributed by atoms with Crippen LogP contribution in [0.1, 0.15) is 33.5 Å². The SMILES string of the molecule is C=C1NC(=O)C(C)NC(=O)CNC(=O)C(Cc2c[nH]c3cccc(OC)c23)NC(=O)C(Cc2c[nH]c3ccccc23)NC(=O)c2csc(n2)CNC(=O)CN(C)C1=O. The van der Waals surface area contributed by atoms with Crippen molar-refractivity contribution in [2.75, 3.05) is 27.2 Å². The number of amides is 7. The highest BCUT2D eigenvalue weighted by Crippen LogP contribution is 2.29. The maximum absolute atomic E-state index is 14.3. The van der Waals surface area contributed by atoms with E-state index in [1.54, 1.807) is 24.5 Å². The van der Waals surface area contributed by atoms with Crippen LogP contribution in [0, 0.1) is 0 Å². The zero-order chi connectivity index (χ0) is 41.5. The van der Waals surface area contributed by atoms with Crippen LogP contribution >= 0.6 is 11.3 Å². The Bertz CT molecular complexity index is 2420. The highest BCUT2D eigenvalue weighted by atomic mass is 32.1. The first-order valence-corrected chi connectivity index (χ1v) is 19.0. The fraction of sp³-hybridized carbons (Fsp3) is 0.282. The van der Waals surface area contributed by atoms with Crippen LogP contribution in [0.3, 0.4) is 0 Å². The van der Waals surface area contributed by atoms with Crippen LogP contribution in [0.5, 0.6) is 5.75 Å². The van der Waals surface area contributed by atoms with Gasteiger partial charge >= 0.3 is 0 Å². The Morgan fingerprint density at radius 1 is 0.810 bits per heavy atom. The lowest BCUT2D eigenvalue weighted by atomic mass is 10.0. The van der Waals surface area contributed by atoms with Gasteiger partial charge in [0.15, 0.2) is 0 Å². The second-order valence-corrected chi connectivity index (χ2v) is 14.5. The van der Waals surface area contributed by atoms with E-state index in [-0.39, 0.29) is 30.8 Å². The number of likely N-dealkylation sites (N-methyl/N-ethyl adjacent to an activating group) is 1. The molecule has 0 saturated carbocycles. The predicted octanol–water partition coefficient (Wildman–Crippen LogP) is 0.522. The Balaban J connectivity index is 1.32. The average molecular weight is 811 g/mol. The molecule has 2 aromatic carbocycles. The van der Waals surface area contributed by atoms with Crippen molar-refractivity contribution in [1.82, 2.24) is 51.8 Å². The van der Waals surface area contributed by atoms with Crippen LogP contribution in [-0.4, -0.2) is 107 Å². The molecule has 3 atom stereocenters. The Hall–Kier alpha value is -7.02. The number of benzene rings is 2.